The zero-order valence-corrected chi connectivity index (χ0v) is 12.4. The first-order chi connectivity index (χ1) is 9.63. The Morgan fingerprint density at radius 2 is 1.75 bits per heavy atom. The highest BCUT2D eigenvalue weighted by Crippen LogP contribution is 2.36. The van der Waals surface area contributed by atoms with Crippen molar-refractivity contribution in [1.82, 2.24) is 0 Å². The topological polar surface area (TPSA) is 20.2 Å². The van der Waals surface area contributed by atoms with Gasteiger partial charge in [-0.1, -0.05) is 67.1 Å². The molecule has 0 aromatic heterocycles. The number of rotatable bonds is 4. The van der Waals surface area contributed by atoms with Gasteiger partial charge in [0.1, 0.15) is 5.75 Å². The second-order valence-corrected chi connectivity index (χ2v) is 5.38. The van der Waals surface area contributed by atoms with E-state index in [2.05, 4.69) is 31.2 Å². The van der Waals surface area contributed by atoms with Crippen LogP contribution < -0.4 is 0 Å². The second-order valence-electron chi connectivity index (χ2n) is 5.38. The average Bonchev–Trinajstić information content (AvgIpc) is 2.44. The van der Waals surface area contributed by atoms with E-state index in [-0.39, 0.29) is 5.92 Å². The molecule has 0 bridgehead atoms. The summed E-state index contributed by atoms with van der Waals surface area (Å²) in [6.07, 6.45) is 2.99. The van der Waals surface area contributed by atoms with Crippen LogP contribution in [0.4, 0.5) is 0 Å². The Morgan fingerprint density at radius 3 is 2.35 bits per heavy atom. The Kier molecular flexibility index (Phi) is 4.62. The highest BCUT2D eigenvalue weighted by atomic mass is 16.3. The van der Waals surface area contributed by atoms with Gasteiger partial charge in [0.15, 0.2) is 0 Å². The molecule has 20 heavy (non-hydrogen) atoms. The Morgan fingerprint density at radius 1 is 1.05 bits per heavy atom. The highest BCUT2D eigenvalue weighted by Gasteiger charge is 2.16. The van der Waals surface area contributed by atoms with E-state index in [0.717, 1.165) is 17.5 Å². The first-order valence-corrected chi connectivity index (χ1v) is 7.15. The normalized spacial score (nSPS) is 11.9. The van der Waals surface area contributed by atoms with E-state index < -0.39 is 0 Å². The lowest BCUT2D eigenvalue weighted by molar-refractivity contribution is 0.462. The molecule has 0 spiro atoms. The maximum Gasteiger partial charge on any atom is 0.126 e. The summed E-state index contributed by atoms with van der Waals surface area (Å²) in [5, 5.41) is 10.6. The molecule has 0 radical (unpaired) electrons. The lowest BCUT2D eigenvalue weighted by Crippen LogP contribution is -2.00. The minimum Gasteiger partial charge on any atom is -0.507 e. The van der Waals surface area contributed by atoms with Crippen molar-refractivity contribution in [1.29, 1.82) is 0 Å². The van der Waals surface area contributed by atoms with Crippen LogP contribution >= 0.6 is 0 Å². The first-order valence-electron chi connectivity index (χ1n) is 7.15. The zero-order valence-electron chi connectivity index (χ0n) is 12.4. The van der Waals surface area contributed by atoms with Gasteiger partial charge in [0.2, 0.25) is 0 Å². The van der Waals surface area contributed by atoms with Crippen molar-refractivity contribution in [2.45, 2.75) is 33.1 Å². The van der Waals surface area contributed by atoms with Crippen molar-refractivity contribution in [2.75, 3.05) is 0 Å². The van der Waals surface area contributed by atoms with Crippen LogP contribution in [0.5, 0.6) is 5.75 Å². The van der Waals surface area contributed by atoms with Crippen molar-refractivity contribution in [2.24, 2.45) is 0 Å². The molecule has 1 atom stereocenters. The van der Waals surface area contributed by atoms with Gasteiger partial charge < -0.3 is 5.11 Å². The maximum absolute atomic E-state index is 10.6. The number of hydrogen-bond donors (Lipinski definition) is 1. The van der Waals surface area contributed by atoms with Gasteiger partial charge in [-0.3, -0.25) is 0 Å². The van der Waals surface area contributed by atoms with Crippen LogP contribution in [0.1, 0.15) is 49.8 Å². The van der Waals surface area contributed by atoms with E-state index in [4.69, 9.17) is 0 Å². The molecular formula is C19H22O. The summed E-state index contributed by atoms with van der Waals surface area (Å²) < 4.78 is 0. The maximum atomic E-state index is 10.6. The van der Waals surface area contributed by atoms with Gasteiger partial charge in [-0.05, 0) is 25.8 Å². The van der Waals surface area contributed by atoms with Crippen molar-refractivity contribution in [3.05, 3.63) is 70.8 Å². The summed E-state index contributed by atoms with van der Waals surface area (Å²) in [6.45, 7) is 6.24. The van der Waals surface area contributed by atoms with Gasteiger partial charge in [-0.25, -0.2) is 0 Å². The molecule has 2 aromatic carbocycles. The van der Waals surface area contributed by atoms with E-state index in [1.54, 1.807) is 0 Å². The summed E-state index contributed by atoms with van der Waals surface area (Å²) in [6, 6.07) is 16.4. The molecule has 0 saturated heterocycles. The second kappa shape index (κ2) is 6.42. The van der Waals surface area contributed by atoms with E-state index in [0.29, 0.717) is 5.75 Å². The van der Waals surface area contributed by atoms with Crippen LogP contribution in [0.15, 0.2) is 54.1 Å². The molecule has 0 aliphatic rings. The van der Waals surface area contributed by atoms with Crippen LogP contribution in [0, 0.1) is 0 Å². The lowest BCUT2D eigenvalue weighted by Gasteiger charge is -2.18. The molecule has 0 fully saturated rings. The average molecular weight is 266 g/mol. The fraction of sp³-hybridized carbons (Fsp3) is 0.263. The molecule has 0 heterocycles. The Labute approximate surface area is 121 Å². The molecule has 1 nitrogen and oxygen atoms in total. The molecule has 0 amide bonds. The molecule has 1 unspecified atom stereocenters. The Bertz CT molecular complexity index is 592. The molecule has 0 saturated carbocycles. The Hall–Kier alpha value is -2.02. The van der Waals surface area contributed by atoms with Crippen LogP contribution in [-0.4, -0.2) is 5.11 Å². The number of para-hydroxylation sites is 1. The van der Waals surface area contributed by atoms with Crippen molar-refractivity contribution in [3.8, 4) is 5.75 Å². The van der Waals surface area contributed by atoms with Crippen molar-refractivity contribution in [3.63, 3.8) is 0 Å². The van der Waals surface area contributed by atoms with Gasteiger partial charge in [0, 0.05) is 17.0 Å². The third-order valence-corrected chi connectivity index (χ3v) is 3.53. The van der Waals surface area contributed by atoms with Crippen LogP contribution in [-0.2, 0) is 0 Å². The largest absolute Gasteiger partial charge is 0.507 e. The smallest absolute Gasteiger partial charge is 0.126 e. The van der Waals surface area contributed by atoms with Crippen molar-refractivity contribution >= 4 is 6.08 Å². The van der Waals surface area contributed by atoms with Gasteiger partial charge in [-0.15, -0.1) is 0 Å². The van der Waals surface area contributed by atoms with Gasteiger partial charge in [0.25, 0.3) is 0 Å². The quantitative estimate of drug-likeness (QED) is 0.790. The number of allylic oxidation sites excluding steroid dienone is 1. The fourth-order valence-corrected chi connectivity index (χ4v) is 2.61. The molecule has 104 valence electrons. The molecular weight excluding hydrogens is 244 g/mol. The molecule has 2 rings (SSSR count). The monoisotopic (exact) mass is 266 g/mol. The highest BCUT2D eigenvalue weighted by molar-refractivity contribution is 5.62. The summed E-state index contributed by atoms with van der Waals surface area (Å²) in [5.74, 6) is 0.645. The summed E-state index contributed by atoms with van der Waals surface area (Å²) in [4.78, 5) is 0. The van der Waals surface area contributed by atoms with Crippen LogP contribution in [0.25, 0.3) is 6.08 Å². The predicted octanol–water partition coefficient (Wildman–Crippen LogP) is 5.36. The minimum atomic E-state index is 0.238. The van der Waals surface area contributed by atoms with E-state index in [1.165, 1.54) is 11.1 Å². The summed E-state index contributed by atoms with van der Waals surface area (Å²) in [5.41, 5.74) is 4.34. The summed E-state index contributed by atoms with van der Waals surface area (Å²) >= 11 is 0. The van der Waals surface area contributed by atoms with Gasteiger partial charge in [-0.2, -0.15) is 0 Å². The third-order valence-electron chi connectivity index (χ3n) is 3.53. The van der Waals surface area contributed by atoms with E-state index in [1.807, 2.05) is 44.2 Å². The van der Waals surface area contributed by atoms with Gasteiger partial charge in [0.05, 0.1) is 0 Å². The molecule has 1 heteroatoms. The van der Waals surface area contributed by atoms with Crippen LogP contribution in [0.3, 0.4) is 0 Å². The number of hydrogen-bond acceptors (Lipinski definition) is 1. The molecule has 0 aliphatic heterocycles. The molecule has 0 aliphatic carbocycles. The minimum absolute atomic E-state index is 0.238. The lowest BCUT2D eigenvalue weighted by atomic mass is 9.87. The summed E-state index contributed by atoms with van der Waals surface area (Å²) in [7, 11) is 0. The molecule has 1 N–H and O–H groups in total. The number of benzene rings is 2. The van der Waals surface area contributed by atoms with E-state index in [9.17, 15) is 5.11 Å². The predicted molar refractivity (Wildman–Crippen MR) is 86.0 cm³/mol. The third kappa shape index (κ3) is 3.11. The molecule has 2 aromatic rings. The zero-order chi connectivity index (χ0) is 14.5. The van der Waals surface area contributed by atoms with E-state index >= 15 is 0 Å². The SMILES string of the molecule is CCC(c1ccccc1)c1cccc(C=C(C)C)c1O. The van der Waals surface area contributed by atoms with Crippen LogP contribution in [0.2, 0.25) is 0 Å². The Balaban J connectivity index is 2.48. The number of aromatic hydroxyl groups is 1. The number of phenols is 1. The number of phenolic OH excluding ortho intramolecular Hbond substituents is 1. The van der Waals surface area contributed by atoms with Crippen molar-refractivity contribution < 1.29 is 5.11 Å². The first kappa shape index (κ1) is 14.4. The van der Waals surface area contributed by atoms with Gasteiger partial charge >= 0.3 is 0 Å². The fourth-order valence-electron chi connectivity index (χ4n) is 2.61. The standard InChI is InChI=1S/C19H22O/c1-4-17(15-9-6-5-7-10-15)18-12-8-11-16(19(18)20)13-14(2)3/h5-13,17,20H,4H2,1-3H3.